The Balaban J connectivity index is 0.000000562. The predicted molar refractivity (Wildman–Crippen MR) is 136 cm³/mol. The van der Waals surface area contributed by atoms with Gasteiger partial charge in [-0.15, -0.1) is 0 Å². The van der Waals surface area contributed by atoms with Gasteiger partial charge in [-0.2, -0.15) is 0 Å². The molecule has 0 unspecified atom stereocenters. The number of sulfonamides is 1. The first-order valence-electron chi connectivity index (χ1n) is 9.40. The highest BCUT2D eigenvalue weighted by Crippen LogP contribution is 2.29. The van der Waals surface area contributed by atoms with Crippen molar-refractivity contribution in [3.05, 3.63) is 70.0 Å². The number of rotatable bonds is 7. The molecule has 2 rings (SSSR count). The largest absolute Gasteiger partial charge is 0.483 e. The summed E-state index contributed by atoms with van der Waals surface area (Å²) in [6.45, 7) is 11.9. The summed E-state index contributed by atoms with van der Waals surface area (Å²) in [5.74, 6) is 1.14. The summed E-state index contributed by atoms with van der Waals surface area (Å²) in [5.41, 5.74) is 3.63. The van der Waals surface area contributed by atoms with Gasteiger partial charge in [0.15, 0.2) is 5.88 Å². The molecule has 2 aromatic rings. The summed E-state index contributed by atoms with van der Waals surface area (Å²) in [5, 5.41) is 4.45. The van der Waals surface area contributed by atoms with Gasteiger partial charge in [0.1, 0.15) is 0 Å². The molecule has 0 atom stereocenters. The number of anilines is 2. The van der Waals surface area contributed by atoms with E-state index in [-0.39, 0.29) is 13.3 Å². The maximum Gasteiger partial charge on any atom is 0.229 e. The van der Waals surface area contributed by atoms with Crippen LogP contribution in [0.25, 0.3) is 0 Å². The zero-order chi connectivity index (χ0) is 23.1. The predicted octanol–water partition coefficient (Wildman–Crippen LogP) is 7.46. The van der Waals surface area contributed by atoms with Crippen LogP contribution < -0.4 is 10.0 Å². The van der Waals surface area contributed by atoms with Crippen molar-refractivity contribution in [2.24, 2.45) is 0 Å². The molecule has 5 nitrogen and oxygen atoms in total. The minimum atomic E-state index is -3.24. The number of nitrogens with one attached hydrogen (secondary N) is 2. The fraction of sp³-hybridized carbons (Fsp3) is 0.391. The van der Waals surface area contributed by atoms with E-state index in [0.29, 0.717) is 22.5 Å². The molecule has 0 aliphatic rings. The van der Waals surface area contributed by atoms with Gasteiger partial charge in [0.25, 0.3) is 0 Å². The van der Waals surface area contributed by atoms with Crippen molar-refractivity contribution in [1.29, 1.82) is 0 Å². The van der Waals surface area contributed by atoms with Crippen molar-refractivity contribution in [3.63, 3.8) is 0 Å². The zero-order valence-electron chi connectivity index (χ0n) is 18.2. The summed E-state index contributed by atoms with van der Waals surface area (Å²) in [6.07, 6.45) is 1.13. The van der Waals surface area contributed by atoms with E-state index in [2.05, 4.69) is 30.5 Å². The second-order valence-electron chi connectivity index (χ2n) is 7.40. The summed E-state index contributed by atoms with van der Waals surface area (Å²) >= 11 is 11.8. The van der Waals surface area contributed by atoms with Gasteiger partial charge in [-0.3, -0.25) is 4.72 Å². The van der Waals surface area contributed by atoms with Gasteiger partial charge in [-0.25, -0.2) is 8.42 Å². The lowest BCUT2D eigenvalue weighted by Crippen LogP contribution is -2.11. The monoisotopic (exact) mass is 488 g/mol. The number of benzene rings is 2. The zero-order valence-corrected chi connectivity index (χ0v) is 20.5. The van der Waals surface area contributed by atoms with Gasteiger partial charge in [0, 0.05) is 15.7 Å². The van der Waals surface area contributed by atoms with Crippen LogP contribution >= 0.6 is 23.2 Å². The minimum Gasteiger partial charge on any atom is -0.483 e. The SMILES string of the molecule is C.C=C(Nc1ccc(Cl)cc1C(C)C)OC.CC(C)c1cc(Cl)ccc1NS(C)(=O)=O. The molecule has 0 radical (unpaired) electrons. The van der Waals surface area contributed by atoms with Crippen LogP contribution in [0.4, 0.5) is 11.4 Å². The molecule has 0 saturated heterocycles. The molecular weight excluding hydrogens is 455 g/mol. The van der Waals surface area contributed by atoms with E-state index >= 15 is 0 Å². The maximum atomic E-state index is 11.1. The number of ether oxygens (including phenoxy) is 1. The molecule has 8 heteroatoms. The molecule has 2 aromatic carbocycles. The van der Waals surface area contributed by atoms with Crippen molar-refractivity contribution in [2.75, 3.05) is 23.4 Å². The third-order valence-corrected chi connectivity index (χ3v) is 5.15. The van der Waals surface area contributed by atoms with E-state index in [0.717, 1.165) is 28.1 Å². The normalized spacial score (nSPS) is 10.6. The Morgan fingerprint density at radius 1 is 0.935 bits per heavy atom. The lowest BCUT2D eigenvalue weighted by atomic mass is 10.0. The summed E-state index contributed by atoms with van der Waals surface area (Å²) in [7, 11) is -1.66. The molecule has 0 saturated carbocycles. The Hall–Kier alpha value is -1.89. The molecule has 31 heavy (non-hydrogen) atoms. The quantitative estimate of drug-likeness (QED) is 0.396. The number of hydrogen-bond donors (Lipinski definition) is 2. The summed E-state index contributed by atoms with van der Waals surface area (Å²) in [4.78, 5) is 0. The second-order valence-corrected chi connectivity index (χ2v) is 10.0. The van der Waals surface area contributed by atoms with Crippen LogP contribution in [0.5, 0.6) is 0 Å². The van der Waals surface area contributed by atoms with E-state index in [9.17, 15) is 8.42 Å². The first kappa shape index (κ1) is 29.1. The van der Waals surface area contributed by atoms with E-state index < -0.39 is 10.0 Å². The Morgan fingerprint density at radius 3 is 1.74 bits per heavy atom. The third-order valence-electron chi connectivity index (χ3n) is 4.09. The molecule has 0 fully saturated rings. The minimum absolute atomic E-state index is 0. The van der Waals surface area contributed by atoms with Gasteiger partial charge >= 0.3 is 0 Å². The Kier molecular flexibility index (Phi) is 12.1. The van der Waals surface area contributed by atoms with E-state index in [1.807, 2.05) is 32.0 Å². The van der Waals surface area contributed by atoms with Gasteiger partial charge < -0.3 is 10.1 Å². The van der Waals surface area contributed by atoms with E-state index in [4.69, 9.17) is 27.9 Å². The molecular formula is C23H34Cl2N2O3S. The van der Waals surface area contributed by atoms with Gasteiger partial charge in [0.2, 0.25) is 10.0 Å². The van der Waals surface area contributed by atoms with Crippen LogP contribution in [-0.2, 0) is 14.8 Å². The Morgan fingerprint density at radius 2 is 1.35 bits per heavy atom. The molecule has 0 amide bonds. The highest BCUT2D eigenvalue weighted by Gasteiger charge is 2.11. The molecule has 0 aromatic heterocycles. The van der Waals surface area contributed by atoms with E-state index in [1.54, 1.807) is 25.3 Å². The van der Waals surface area contributed by atoms with Crippen LogP contribution in [0.1, 0.15) is 58.1 Å². The molecule has 0 aliphatic carbocycles. The second kappa shape index (κ2) is 12.8. The topological polar surface area (TPSA) is 67.4 Å². The fourth-order valence-corrected chi connectivity index (χ4v) is 3.58. The first-order chi connectivity index (χ1) is 13.8. The van der Waals surface area contributed by atoms with Crippen LogP contribution in [0.2, 0.25) is 10.0 Å². The lowest BCUT2D eigenvalue weighted by Gasteiger charge is -2.15. The number of methoxy groups -OCH3 is 1. The van der Waals surface area contributed by atoms with Crippen LogP contribution in [-0.4, -0.2) is 21.8 Å². The maximum absolute atomic E-state index is 11.1. The van der Waals surface area contributed by atoms with Crippen molar-refractivity contribution in [1.82, 2.24) is 0 Å². The fourth-order valence-electron chi connectivity index (χ4n) is 2.63. The standard InChI is InChI=1S/C12H16ClNO.C10H14ClNO2S.CH4/c1-8(2)11-7-10(13)5-6-12(11)14-9(3)15-4;1-7(2)9-6-8(11)4-5-10(9)12-15(3,13)14;/h5-8,14H,3H2,1-2,4H3;4-7,12H,1-3H3;1H4. The molecule has 2 N–H and O–H groups in total. The van der Waals surface area contributed by atoms with Crippen molar-refractivity contribution >= 4 is 44.6 Å². The molecule has 0 spiro atoms. The molecule has 0 aliphatic heterocycles. The average molecular weight is 490 g/mol. The highest BCUT2D eigenvalue weighted by molar-refractivity contribution is 7.92. The summed E-state index contributed by atoms with van der Waals surface area (Å²) < 4.78 is 29.7. The number of halogens is 2. The van der Waals surface area contributed by atoms with Gasteiger partial charge in [-0.1, -0.05) is 58.3 Å². The van der Waals surface area contributed by atoms with Gasteiger partial charge in [-0.05, 0) is 65.9 Å². The molecule has 174 valence electrons. The third kappa shape index (κ3) is 10.3. The molecule has 0 heterocycles. The van der Waals surface area contributed by atoms with Crippen LogP contribution in [0, 0.1) is 0 Å². The Labute approximate surface area is 197 Å². The van der Waals surface area contributed by atoms with E-state index in [1.165, 1.54) is 0 Å². The van der Waals surface area contributed by atoms with Crippen LogP contribution in [0.15, 0.2) is 48.9 Å². The number of hydrogen-bond acceptors (Lipinski definition) is 4. The molecule has 0 bridgehead atoms. The van der Waals surface area contributed by atoms with Crippen molar-refractivity contribution < 1.29 is 13.2 Å². The smallest absolute Gasteiger partial charge is 0.229 e. The van der Waals surface area contributed by atoms with Crippen molar-refractivity contribution in [3.8, 4) is 0 Å². The average Bonchev–Trinajstić information content (AvgIpc) is 2.63. The first-order valence-corrected chi connectivity index (χ1v) is 12.0. The van der Waals surface area contributed by atoms with Crippen molar-refractivity contribution in [2.45, 2.75) is 47.0 Å². The lowest BCUT2D eigenvalue weighted by molar-refractivity contribution is 0.299. The van der Waals surface area contributed by atoms with Crippen LogP contribution in [0.3, 0.4) is 0 Å². The van der Waals surface area contributed by atoms with Gasteiger partial charge in [0.05, 0.1) is 19.1 Å². The Bertz CT molecular complexity index is 975. The highest BCUT2D eigenvalue weighted by atomic mass is 35.5. The summed E-state index contributed by atoms with van der Waals surface area (Å²) in [6, 6.07) is 10.9.